The van der Waals surface area contributed by atoms with Crippen molar-refractivity contribution >= 4 is 11.8 Å². The minimum absolute atomic E-state index is 0.279. The standard InChI is InChI=1S/C17H19NOS/c1-12(13-7-9-14(20-2)10-8-13)18-16-11-19-17-6-4-3-5-15(16)17/h3-10,12,16,18H,11H2,1-2H3. The number of fused-ring (bicyclic) bond motifs is 1. The van der Waals surface area contributed by atoms with Crippen LogP contribution in [-0.4, -0.2) is 12.9 Å². The maximum absolute atomic E-state index is 5.72. The van der Waals surface area contributed by atoms with Crippen molar-refractivity contribution in [3.05, 3.63) is 59.7 Å². The van der Waals surface area contributed by atoms with Crippen LogP contribution in [0.3, 0.4) is 0 Å². The van der Waals surface area contributed by atoms with Gasteiger partial charge in [0.25, 0.3) is 0 Å². The van der Waals surface area contributed by atoms with Crippen molar-refractivity contribution < 1.29 is 4.74 Å². The van der Waals surface area contributed by atoms with Crippen LogP contribution >= 0.6 is 11.8 Å². The maximum atomic E-state index is 5.72. The zero-order valence-corrected chi connectivity index (χ0v) is 12.6. The van der Waals surface area contributed by atoms with Crippen LogP contribution in [0.5, 0.6) is 5.75 Å². The topological polar surface area (TPSA) is 21.3 Å². The molecule has 20 heavy (non-hydrogen) atoms. The van der Waals surface area contributed by atoms with Crippen molar-refractivity contribution in [3.63, 3.8) is 0 Å². The first-order chi connectivity index (χ1) is 9.78. The molecule has 1 heterocycles. The molecule has 0 spiro atoms. The molecular weight excluding hydrogens is 266 g/mol. The first kappa shape index (κ1) is 13.5. The second-order valence-corrected chi connectivity index (χ2v) is 5.94. The molecule has 1 N–H and O–H groups in total. The van der Waals surface area contributed by atoms with Gasteiger partial charge in [-0.3, -0.25) is 0 Å². The van der Waals surface area contributed by atoms with Crippen molar-refractivity contribution in [3.8, 4) is 5.75 Å². The number of nitrogens with one attached hydrogen (secondary N) is 1. The van der Waals surface area contributed by atoms with Crippen LogP contribution in [0.1, 0.15) is 30.1 Å². The van der Waals surface area contributed by atoms with Gasteiger partial charge in [-0.05, 0) is 36.9 Å². The number of para-hydroxylation sites is 1. The van der Waals surface area contributed by atoms with E-state index in [4.69, 9.17) is 4.74 Å². The van der Waals surface area contributed by atoms with Gasteiger partial charge in [-0.15, -0.1) is 11.8 Å². The summed E-state index contributed by atoms with van der Waals surface area (Å²) in [6.45, 7) is 2.92. The summed E-state index contributed by atoms with van der Waals surface area (Å²) in [5.41, 5.74) is 2.58. The third kappa shape index (κ3) is 2.69. The molecule has 3 rings (SSSR count). The summed E-state index contributed by atoms with van der Waals surface area (Å²) < 4.78 is 5.72. The number of thioether (sulfide) groups is 1. The van der Waals surface area contributed by atoms with Gasteiger partial charge in [0.15, 0.2) is 0 Å². The third-order valence-electron chi connectivity index (χ3n) is 3.77. The average Bonchev–Trinajstić information content (AvgIpc) is 2.91. The minimum atomic E-state index is 0.279. The van der Waals surface area contributed by atoms with E-state index in [1.807, 2.05) is 12.1 Å². The van der Waals surface area contributed by atoms with Gasteiger partial charge in [-0.1, -0.05) is 30.3 Å². The van der Waals surface area contributed by atoms with Gasteiger partial charge >= 0.3 is 0 Å². The van der Waals surface area contributed by atoms with Gasteiger partial charge in [0.05, 0.1) is 6.04 Å². The summed E-state index contributed by atoms with van der Waals surface area (Å²) in [6.07, 6.45) is 2.10. The van der Waals surface area contributed by atoms with Crippen molar-refractivity contribution in [2.45, 2.75) is 23.9 Å². The Bertz CT molecular complexity index is 582. The highest BCUT2D eigenvalue weighted by atomic mass is 32.2. The largest absolute Gasteiger partial charge is 0.491 e. The van der Waals surface area contributed by atoms with Crippen molar-refractivity contribution in [2.75, 3.05) is 12.9 Å². The lowest BCUT2D eigenvalue weighted by Gasteiger charge is -2.19. The summed E-state index contributed by atoms with van der Waals surface area (Å²) in [6, 6.07) is 17.6. The van der Waals surface area contributed by atoms with Crippen LogP contribution in [-0.2, 0) is 0 Å². The molecule has 0 amide bonds. The molecule has 2 unspecified atom stereocenters. The summed E-state index contributed by atoms with van der Waals surface area (Å²) in [5, 5.41) is 3.66. The van der Waals surface area contributed by atoms with E-state index in [2.05, 4.69) is 54.9 Å². The van der Waals surface area contributed by atoms with Crippen LogP contribution in [0.4, 0.5) is 0 Å². The Labute approximate surface area is 124 Å². The Morgan fingerprint density at radius 3 is 2.65 bits per heavy atom. The summed E-state index contributed by atoms with van der Waals surface area (Å²) in [7, 11) is 0. The zero-order valence-electron chi connectivity index (χ0n) is 11.8. The van der Waals surface area contributed by atoms with E-state index in [1.165, 1.54) is 16.0 Å². The Morgan fingerprint density at radius 1 is 1.15 bits per heavy atom. The Hall–Kier alpha value is -1.45. The van der Waals surface area contributed by atoms with Crippen molar-refractivity contribution in [1.82, 2.24) is 5.32 Å². The summed E-state index contributed by atoms with van der Waals surface area (Å²) in [5.74, 6) is 1.01. The molecule has 0 fully saturated rings. The Kier molecular flexibility index (Phi) is 3.99. The summed E-state index contributed by atoms with van der Waals surface area (Å²) >= 11 is 1.77. The first-order valence-corrected chi connectivity index (χ1v) is 8.12. The van der Waals surface area contributed by atoms with Gasteiger partial charge in [0, 0.05) is 16.5 Å². The molecule has 2 nitrogen and oxygen atoms in total. The predicted octanol–water partition coefficient (Wildman–Crippen LogP) is 4.19. The second-order valence-electron chi connectivity index (χ2n) is 5.06. The lowest BCUT2D eigenvalue weighted by Crippen LogP contribution is -2.25. The van der Waals surface area contributed by atoms with Gasteiger partial charge in [0.2, 0.25) is 0 Å². The molecule has 2 atom stereocenters. The number of ether oxygens (including phenoxy) is 1. The number of rotatable bonds is 4. The highest BCUT2D eigenvalue weighted by Gasteiger charge is 2.24. The van der Waals surface area contributed by atoms with Crippen LogP contribution in [0, 0.1) is 0 Å². The smallest absolute Gasteiger partial charge is 0.124 e. The Balaban J connectivity index is 1.71. The van der Waals surface area contributed by atoms with Gasteiger partial charge in [-0.25, -0.2) is 0 Å². The number of hydrogen-bond acceptors (Lipinski definition) is 3. The fraction of sp³-hybridized carbons (Fsp3) is 0.294. The molecule has 0 aromatic heterocycles. The van der Waals surface area contributed by atoms with Crippen LogP contribution in [0.15, 0.2) is 53.4 Å². The van der Waals surface area contributed by atoms with Gasteiger partial charge < -0.3 is 10.1 Å². The molecular formula is C17H19NOS. The molecule has 2 aromatic carbocycles. The van der Waals surface area contributed by atoms with Crippen molar-refractivity contribution in [1.29, 1.82) is 0 Å². The molecule has 1 aliphatic rings. The van der Waals surface area contributed by atoms with Gasteiger partial charge in [-0.2, -0.15) is 0 Å². The Morgan fingerprint density at radius 2 is 1.90 bits per heavy atom. The number of hydrogen-bond donors (Lipinski definition) is 1. The molecule has 3 heteroatoms. The highest BCUT2D eigenvalue weighted by Crippen LogP contribution is 2.33. The molecule has 0 aliphatic carbocycles. The normalized spacial score (nSPS) is 18.4. The predicted molar refractivity (Wildman–Crippen MR) is 84.5 cm³/mol. The van der Waals surface area contributed by atoms with E-state index in [0.29, 0.717) is 12.6 Å². The molecule has 1 aliphatic heterocycles. The van der Waals surface area contributed by atoms with E-state index in [-0.39, 0.29) is 6.04 Å². The van der Waals surface area contributed by atoms with E-state index in [9.17, 15) is 0 Å². The fourth-order valence-electron chi connectivity index (χ4n) is 2.59. The lowest BCUT2D eigenvalue weighted by atomic mass is 10.0. The molecule has 104 valence electrons. The average molecular weight is 285 g/mol. The quantitative estimate of drug-likeness (QED) is 0.851. The van der Waals surface area contributed by atoms with Crippen molar-refractivity contribution in [2.24, 2.45) is 0 Å². The second kappa shape index (κ2) is 5.90. The van der Waals surface area contributed by atoms with Crippen LogP contribution < -0.4 is 10.1 Å². The lowest BCUT2D eigenvalue weighted by molar-refractivity contribution is 0.301. The van der Waals surface area contributed by atoms with E-state index >= 15 is 0 Å². The molecule has 2 aromatic rings. The maximum Gasteiger partial charge on any atom is 0.124 e. The van der Waals surface area contributed by atoms with E-state index in [1.54, 1.807) is 11.8 Å². The zero-order chi connectivity index (χ0) is 13.9. The van der Waals surface area contributed by atoms with Crippen LogP contribution in [0.2, 0.25) is 0 Å². The van der Waals surface area contributed by atoms with Gasteiger partial charge in [0.1, 0.15) is 12.4 Å². The number of benzene rings is 2. The van der Waals surface area contributed by atoms with Crippen LogP contribution in [0.25, 0.3) is 0 Å². The van der Waals surface area contributed by atoms with E-state index in [0.717, 1.165) is 5.75 Å². The molecule has 0 radical (unpaired) electrons. The fourth-order valence-corrected chi connectivity index (χ4v) is 3.00. The summed E-state index contributed by atoms with van der Waals surface area (Å²) in [4.78, 5) is 1.30. The first-order valence-electron chi connectivity index (χ1n) is 6.89. The molecule has 0 saturated heterocycles. The SMILES string of the molecule is CSc1ccc(C(C)NC2COc3ccccc32)cc1. The minimum Gasteiger partial charge on any atom is -0.491 e. The highest BCUT2D eigenvalue weighted by molar-refractivity contribution is 7.98. The monoisotopic (exact) mass is 285 g/mol. The van der Waals surface area contributed by atoms with E-state index < -0.39 is 0 Å². The molecule has 0 saturated carbocycles. The molecule has 0 bridgehead atoms. The third-order valence-corrected chi connectivity index (χ3v) is 4.51.